The fourth-order valence-corrected chi connectivity index (χ4v) is 2.68. The van der Waals surface area contributed by atoms with Crippen LogP contribution in [0.5, 0.6) is 5.75 Å². The molecule has 2 aromatic rings. The van der Waals surface area contributed by atoms with Crippen LogP contribution in [0.4, 0.5) is 4.39 Å². The maximum atomic E-state index is 13.5. The maximum Gasteiger partial charge on any atom is 0.194 e. The van der Waals surface area contributed by atoms with Crippen molar-refractivity contribution in [2.24, 2.45) is 0 Å². The first-order valence-corrected chi connectivity index (χ1v) is 6.89. The van der Waals surface area contributed by atoms with Gasteiger partial charge in [-0.15, -0.1) is 0 Å². The van der Waals surface area contributed by atoms with E-state index in [2.05, 4.69) is 15.9 Å². The van der Waals surface area contributed by atoms with Gasteiger partial charge in [0.2, 0.25) is 0 Å². The highest BCUT2D eigenvalue weighted by Crippen LogP contribution is 2.28. The molecule has 2 nitrogen and oxygen atoms in total. The number of carbonyl (C=O) groups excluding carboxylic acids is 1. The van der Waals surface area contributed by atoms with Gasteiger partial charge in [-0.2, -0.15) is 0 Å². The van der Waals surface area contributed by atoms with Crippen molar-refractivity contribution in [1.82, 2.24) is 0 Å². The summed E-state index contributed by atoms with van der Waals surface area (Å²) in [6.07, 6.45) is 0. The van der Waals surface area contributed by atoms with Gasteiger partial charge in [-0.05, 0) is 65.2 Å². The molecule has 0 saturated carbocycles. The Morgan fingerprint density at radius 2 is 1.80 bits per heavy atom. The van der Waals surface area contributed by atoms with Gasteiger partial charge in [0.05, 0.1) is 11.6 Å². The molecule has 0 unspecified atom stereocenters. The van der Waals surface area contributed by atoms with E-state index in [0.29, 0.717) is 11.1 Å². The van der Waals surface area contributed by atoms with Gasteiger partial charge in [-0.25, -0.2) is 4.39 Å². The fourth-order valence-electron chi connectivity index (χ4n) is 2.24. The molecule has 0 bridgehead atoms. The van der Waals surface area contributed by atoms with E-state index in [0.717, 1.165) is 16.9 Å². The van der Waals surface area contributed by atoms with Crippen LogP contribution in [0.15, 0.2) is 34.8 Å². The molecule has 0 saturated heterocycles. The van der Waals surface area contributed by atoms with Crippen LogP contribution >= 0.6 is 15.9 Å². The molecule has 0 atom stereocenters. The molecule has 0 aliphatic heterocycles. The molecule has 0 aromatic heterocycles. The Bertz CT molecular complexity index is 657. The van der Waals surface area contributed by atoms with Gasteiger partial charge in [-0.1, -0.05) is 6.07 Å². The van der Waals surface area contributed by atoms with Gasteiger partial charge in [-0.3, -0.25) is 4.79 Å². The van der Waals surface area contributed by atoms with Gasteiger partial charge < -0.3 is 4.74 Å². The SMILES string of the molecule is COc1c(C)cc(C(=O)c2cccc(F)c2Br)cc1C. The number of hydrogen-bond acceptors (Lipinski definition) is 2. The van der Waals surface area contributed by atoms with Crippen molar-refractivity contribution >= 4 is 21.7 Å². The molecule has 0 aliphatic carbocycles. The largest absolute Gasteiger partial charge is 0.496 e. The second-order valence-corrected chi connectivity index (χ2v) is 5.37. The van der Waals surface area contributed by atoms with E-state index in [-0.39, 0.29) is 10.3 Å². The summed E-state index contributed by atoms with van der Waals surface area (Å²) in [6, 6.07) is 7.95. The molecule has 0 spiro atoms. The number of aryl methyl sites for hydroxylation is 2. The van der Waals surface area contributed by atoms with Crippen molar-refractivity contribution < 1.29 is 13.9 Å². The monoisotopic (exact) mass is 336 g/mol. The summed E-state index contributed by atoms with van der Waals surface area (Å²) in [7, 11) is 1.60. The predicted octanol–water partition coefficient (Wildman–Crippen LogP) is 4.44. The van der Waals surface area contributed by atoms with Crippen LogP contribution in [0, 0.1) is 19.7 Å². The van der Waals surface area contributed by atoms with E-state index in [1.165, 1.54) is 12.1 Å². The summed E-state index contributed by atoms with van der Waals surface area (Å²) in [5, 5.41) is 0. The van der Waals surface area contributed by atoms with Gasteiger partial charge in [0.1, 0.15) is 11.6 Å². The molecule has 0 amide bonds. The van der Waals surface area contributed by atoms with Crippen LogP contribution in [0.2, 0.25) is 0 Å². The zero-order valence-electron chi connectivity index (χ0n) is 11.5. The highest BCUT2D eigenvalue weighted by Gasteiger charge is 2.17. The lowest BCUT2D eigenvalue weighted by atomic mass is 9.98. The molecular formula is C16H14BrFO2. The minimum atomic E-state index is -0.446. The zero-order chi connectivity index (χ0) is 14.9. The van der Waals surface area contributed by atoms with Crippen molar-refractivity contribution in [2.45, 2.75) is 13.8 Å². The second kappa shape index (κ2) is 5.75. The van der Waals surface area contributed by atoms with Crippen LogP contribution in [-0.4, -0.2) is 12.9 Å². The van der Waals surface area contributed by atoms with Gasteiger partial charge in [0.15, 0.2) is 5.78 Å². The van der Waals surface area contributed by atoms with Gasteiger partial charge in [0, 0.05) is 11.1 Å². The summed E-state index contributed by atoms with van der Waals surface area (Å²) >= 11 is 3.12. The third kappa shape index (κ3) is 2.61. The molecule has 4 heteroatoms. The number of benzene rings is 2. The molecule has 0 N–H and O–H groups in total. The van der Waals surface area contributed by atoms with E-state index < -0.39 is 5.82 Å². The van der Waals surface area contributed by atoms with Gasteiger partial charge >= 0.3 is 0 Å². The van der Waals surface area contributed by atoms with Crippen LogP contribution in [0.3, 0.4) is 0 Å². The quantitative estimate of drug-likeness (QED) is 0.774. The normalized spacial score (nSPS) is 10.4. The Morgan fingerprint density at radius 3 is 2.35 bits per heavy atom. The number of ether oxygens (including phenoxy) is 1. The predicted molar refractivity (Wildman–Crippen MR) is 80.0 cm³/mol. The Morgan fingerprint density at radius 1 is 1.20 bits per heavy atom. The highest BCUT2D eigenvalue weighted by atomic mass is 79.9. The summed E-state index contributed by atoms with van der Waals surface area (Å²) in [5.41, 5.74) is 2.59. The minimum absolute atomic E-state index is 0.191. The average molecular weight is 337 g/mol. The van der Waals surface area contributed by atoms with Crippen LogP contribution < -0.4 is 4.74 Å². The number of ketones is 1. The van der Waals surface area contributed by atoms with Crippen LogP contribution in [0.1, 0.15) is 27.0 Å². The number of carbonyl (C=O) groups is 1. The molecule has 0 aliphatic rings. The van der Waals surface area contributed by atoms with Crippen LogP contribution in [0.25, 0.3) is 0 Å². The molecule has 0 heterocycles. The number of hydrogen-bond donors (Lipinski definition) is 0. The lowest BCUT2D eigenvalue weighted by Crippen LogP contribution is -2.05. The number of methoxy groups -OCH3 is 1. The summed E-state index contributed by atoms with van der Waals surface area (Å²) in [5.74, 6) is 0.0999. The van der Waals surface area contributed by atoms with Crippen molar-refractivity contribution in [3.8, 4) is 5.75 Å². The first-order chi connectivity index (χ1) is 9.45. The summed E-state index contributed by atoms with van der Waals surface area (Å²) in [6.45, 7) is 3.76. The van der Waals surface area contributed by atoms with E-state index in [9.17, 15) is 9.18 Å². The molecule has 0 radical (unpaired) electrons. The Hall–Kier alpha value is -1.68. The third-order valence-electron chi connectivity index (χ3n) is 3.12. The Kier molecular flexibility index (Phi) is 4.23. The zero-order valence-corrected chi connectivity index (χ0v) is 13.0. The second-order valence-electron chi connectivity index (χ2n) is 4.57. The number of halogens is 2. The third-order valence-corrected chi connectivity index (χ3v) is 3.93. The molecule has 20 heavy (non-hydrogen) atoms. The van der Waals surface area contributed by atoms with Crippen molar-refractivity contribution in [3.05, 3.63) is 62.9 Å². The maximum absolute atomic E-state index is 13.5. The molecular weight excluding hydrogens is 323 g/mol. The highest BCUT2D eigenvalue weighted by molar-refractivity contribution is 9.10. The fraction of sp³-hybridized carbons (Fsp3) is 0.188. The van der Waals surface area contributed by atoms with Crippen molar-refractivity contribution in [1.29, 1.82) is 0 Å². The number of rotatable bonds is 3. The minimum Gasteiger partial charge on any atom is -0.496 e. The van der Waals surface area contributed by atoms with Gasteiger partial charge in [0.25, 0.3) is 0 Å². The van der Waals surface area contributed by atoms with E-state index >= 15 is 0 Å². The molecule has 2 rings (SSSR count). The van der Waals surface area contributed by atoms with Crippen LogP contribution in [-0.2, 0) is 0 Å². The van der Waals surface area contributed by atoms with E-state index in [4.69, 9.17) is 4.74 Å². The topological polar surface area (TPSA) is 26.3 Å². The van der Waals surface area contributed by atoms with E-state index in [1.807, 2.05) is 13.8 Å². The van der Waals surface area contributed by atoms with E-state index in [1.54, 1.807) is 25.3 Å². The standard InChI is InChI=1S/C16H14BrFO2/c1-9-7-11(8-10(2)16(9)20-3)15(19)12-5-4-6-13(18)14(12)17/h4-8H,1-3H3. The molecule has 2 aromatic carbocycles. The summed E-state index contributed by atoms with van der Waals surface area (Å²) in [4.78, 5) is 12.5. The first-order valence-electron chi connectivity index (χ1n) is 6.09. The summed E-state index contributed by atoms with van der Waals surface area (Å²) < 4.78 is 19.0. The Balaban J connectivity index is 2.52. The Labute approximate surface area is 125 Å². The van der Waals surface area contributed by atoms with Crippen molar-refractivity contribution in [3.63, 3.8) is 0 Å². The molecule has 104 valence electrons. The van der Waals surface area contributed by atoms with Crippen molar-refractivity contribution in [2.75, 3.05) is 7.11 Å². The smallest absolute Gasteiger partial charge is 0.194 e. The average Bonchev–Trinajstić information content (AvgIpc) is 2.41. The lowest BCUT2D eigenvalue weighted by molar-refractivity contribution is 0.103. The molecule has 0 fully saturated rings. The lowest BCUT2D eigenvalue weighted by Gasteiger charge is -2.11. The first kappa shape index (κ1) is 14.7.